The molecule has 2 aromatic rings. The van der Waals surface area contributed by atoms with E-state index in [2.05, 4.69) is 0 Å². The molecule has 0 aliphatic carbocycles. The summed E-state index contributed by atoms with van der Waals surface area (Å²) in [4.78, 5) is 10.3. The summed E-state index contributed by atoms with van der Waals surface area (Å²) in [6.45, 7) is 0. The highest BCUT2D eigenvalue weighted by atomic mass is 35.5. The first kappa shape index (κ1) is 14.2. The van der Waals surface area contributed by atoms with Crippen molar-refractivity contribution in [3.8, 4) is 11.5 Å². The second kappa shape index (κ2) is 5.83. The van der Waals surface area contributed by atoms with Gasteiger partial charge in [0.05, 0.1) is 4.92 Å². The van der Waals surface area contributed by atoms with Gasteiger partial charge in [0, 0.05) is 18.0 Å². The Labute approximate surface area is 117 Å². The molecule has 0 bridgehead atoms. The fraction of sp³-hybridized carbons (Fsp3) is 0.0769. The van der Waals surface area contributed by atoms with E-state index >= 15 is 0 Å². The molecule has 0 amide bonds. The summed E-state index contributed by atoms with van der Waals surface area (Å²) in [7, 11) is 0. The number of benzene rings is 2. The lowest BCUT2D eigenvalue weighted by Crippen LogP contribution is -1.96. The van der Waals surface area contributed by atoms with Gasteiger partial charge >= 0.3 is 5.69 Å². The number of alkyl halides is 1. The smallest absolute Gasteiger partial charge is 0.311 e. The summed E-state index contributed by atoms with van der Waals surface area (Å²) in [6.07, 6.45) is 0. The maximum atomic E-state index is 13.5. The Hall–Kier alpha value is -2.21. The number of nitro benzene ring substituents is 1. The van der Waals surface area contributed by atoms with Crippen molar-refractivity contribution >= 4 is 17.3 Å². The van der Waals surface area contributed by atoms with E-state index in [1.165, 1.54) is 18.2 Å². The minimum atomic E-state index is -0.944. The van der Waals surface area contributed by atoms with Crippen molar-refractivity contribution in [3.63, 3.8) is 0 Å². The van der Waals surface area contributed by atoms with Crippen molar-refractivity contribution in [2.75, 3.05) is 0 Å². The zero-order valence-electron chi connectivity index (χ0n) is 9.98. The molecule has 0 aliphatic heterocycles. The fourth-order valence-electron chi connectivity index (χ4n) is 1.55. The van der Waals surface area contributed by atoms with Crippen LogP contribution in [0.4, 0.5) is 14.5 Å². The summed E-state index contributed by atoms with van der Waals surface area (Å²) in [5, 5.41) is 10.9. The Morgan fingerprint density at radius 1 is 1.15 bits per heavy atom. The van der Waals surface area contributed by atoms with E-state index in [1.54, 1.807) is 0 Å². The molecule has 0 aromatic heterocycles. The Morgan fingerprint density at radius 3 is 2.45 bits per heavy atom. The van der Waals surface area contributed by atoms with Gasteiger partial charge in [-0.3, -0.25) is 10.1 Å². The normalized spacial score (nSPS) is 10.3. The van der Waals surface area contributed by atoms with Crippen molar-refractivity contribution in [2.45, 2.75) is 5.88 Å². The van der Waals surface area contributed by atoms with Gasteiger partial charge in [-0.25, -0.2) is 8.78 Å². The van der Waals surface area contributed by atoms with Gasteiger partial charge in [0.2, 0.25) is 5.75 Å². The molecular formula is C13H8ClF2NO3. The fourth-order valence-corrected chi connectivity index (χ4v) is 1.72. The zero-order chi connectivity index (χ0) is 14.7. The molecule has 0 atom stereocenters. The third-order valence-electron chi connectivity index (χ3n) is 2.49. The van der Waals surface area contributed by atoms with E-state index in [1.807, 2.05) is 0 Å². The van der Waals surface area contributed by atoms with E-state index in [4.69, 9.17) is 16.3 Å². The Bertz CT molecular complexity index is 664. The number of halogens is 3. The van der Waals surface area contributed by atoms with Gasteiger partial charge in [0.25, 0.3) is 0 Å². The molecule has 2 rings (SSSR count). The average Bonchev–Trinajstić information content (AvgIpc) is 2.42. The van der Waals surface area contributed by atoms with Gasteiger partial charge in [-0.05, 0) is 23.8 Å². The predicted molar refractivity (Wildman–Crippen MR) is 69.1 cm³/mol. The lowest BCUT2D eigenvalue weighted by atomic mass is 10.2. The second-order valence-electron chi connectivity index (χ2n) is 3.87. The molecule has 0 saturated carbocycles. The number of nitrogens with zero attached hydrogens (tertiary/aromatic N) is 1. The highest BCUT2D eigenvalue weighted by molar-refractivity contribution is 6.17. The largest absolute Gasteiger partial charge is 0.447 e. The molecule has 0 saturated heterocycles. The van der Waals surface area contributed by atoms with Gasteiger partial charge in [0.15, 0.2) is 11.6 Å². The van der Waals surface area contributed by atoms with Crippen LogP contribution in [0.25, 0.3) is 0 Å². The van der Waals surface area contributed by atoms with Crippen LogP contribution in [0.5, 0.6) is 11.5 Å². The second-order valence-corrected chi connectivity index (χ2v) is 4.14. The summed E-state index contributed by atoms with van der Waals surface area (Å²) in [5.41, 5.74) is 0.192. The number of rotatable bonds is 4. The van der Waals surface area contributed by atoms with Crippen LogP contribution in [-0.4, -0.2) is 4.92 Å². The van der Waals surface area contributed by atoms with Crippen LogP contribution in [-0.2, 0) is 5.88 Å². The molecule has 0 spiro atoms. The maximum Gasteiger partial charge on any atom is 0.311 e. The molecule has 0 unspecified atom stereocenters. The predicted octanol–water partition coefficient (Wildman–Crippen LogP) is 4.40. The van der Waals surface area contributed by atoms with Crippen molar-refractivity contribution < 1.29 is 18.4 Å². The highest BCUT2D eigenvalue weighted by Crippen LogP contribution is 2.33. The van der Waals surface area contributed by atoms with Crippen molar-refractivity contribution in [1.29, 1.82) is 0 Å². The standard InChI is InChI=1S/C13H8ClF2NO3/c14-7-8-1-3-13(11(5-8)17(18)19)20-12-4-2-9(15)6-10(12)16/h1-6H,7H2. The zero-order valence-corrected chi connectivity index (χ0v) is 10.7. The van der Waals surface area contributed by atoms with E-state index in [0.717, 1.165) is 12.1 Å². The van der Waals surface area contributed by atoms with Gasteiger partial charge < -0.3 is 4.74 Å². The van der Waals surface area contributed by atoms with Gasteiger partial charge in [0.1, 0.15) is 5.82 Å². The highest BCUT2D eigenvalue weighted by Gasteiger charge is 2.18. The van der Waals surface area contributed by atoms with Crippen LogP contribution < -0.4 is 4.74 Å². The Kier molecular flexibility index (Phi) is 4.14. The first-order valence-corrected chi connectivity index (χ1v) is 6.01. The van der Waals surface area contributed by atoms with Gasteiger partial charge in [-0.15, -0.1) is 11.6 Å². The van der Waals surface area contributed by atoms with Gasteiger partial charge in [-0.2, -0.15) is 0 Å². The lowest BCUT2D eigenvalue weighted by Gasteiger charge is -2.08. The van der Waals surface area contributed by atoms with E-state index < -0.39 is 16.6 Å². The molecule has 20 heavy (non-hydrogen) atoms. The summed E-state index contributed by atoms with van der Waals surface area (Å²) >= 11 is 5.59. The molecule has 4 nitrogen and oxygen atoms in total. The molecule has 104 valence electrons. The third-order valence-corrected chi connectivity index (χ3v) is 2.80. The first-order chi connectivity index (χ1) is 9.51. The monoisotopic (exact) mass is 299 g/mol. The first-order valence-electron chi connectivity index (χ1n) is 5.47. The van der Waals surface area contributed by atoms with E-state index in [0.29, 0.717) is 11.6 Å². The van der Waals surface area contributed by atoms with Crippen LogP contribution in [0.2, 0.25) is 0 Å². The van der Waals surface area contributed by atoms with Crippen LogP contribution >= 0.6 is 11.6 Å². The average molecular weight is 300 g/mol. The van der Waals surface area contributed by atoms with Gasteiger partial charge in [-0.1, -0.05) is 6.07 Å². The van der Waals surface area contributed by atoms with Crippen molar-refractivity contribution in [2.24, 2.45) is 0 Å². The topological polar surface area (TPSA) is 52.4 Å². The molecule has 2 aromatic carbocycles. The number of ether oxygens (including phenoxy) is 1. The molecule has 0 fully saturated rings. The Morgan fingerprint density at radius 2 is 1.85 bits per heavy atom. The van der Waals surface area contributed by atoms with E-state index in [9.17, 15) is 18.9 Å². The third kappa shape index (κ3) is 3.03. The molecule has 0 radical (unpaired) electrons. The van der Waals surface area contributed by atoms with Crippen molar-refractivity contribution in [3.05, 3.63) is 63.7 Å². The molecule has 7 heteroatoms. The Balaban J connectivity index is 2.40. The molecule has 0 heterocycles. The van der Waals surface area contributed by atoms with Crippen LogP contribution in [0.3, 0.4) is 0 Å². The molecule has 0 N–H and O–H groups in total. The minimum absolute atomic E-state index is 0.103. The summed E-state index contributed by atoms with van der Waals surface area (Å²) in [5.74, 6) is -2.04. The molecular weight excluding hydrogens is 292 g/mol. The van der Waals surface area contributed by atoms with Crippen LogP contribution in [0.1, 0.15) is 5.56 Å². The molecule has 0 aliphatic rings. The summed E-state index contributed by atoms with van der Waals surface area (Å²) in [6, 6.07) is 6.77. The van der Waals surface area contributed by atoms with E-state index in [-0.39, 0.29) is 23.1 Å². The maximum absolute atomic E-state index is 13.5. The van der Waals surface area contributed by atoms with Crippen LogP contribution in [0.15, 0.2) is 36.4 Å². The number of hydrogen-bond acceptors (Lipinski definition) is 3. The summed E-state index contributed by atoms with van der Waals surface area (Å²) < 4.78 is 31.4. The quantitative estimate of drug-likeness (QED) is 0.477. The van der Waals surface area contributed by atoms with Crippen LogP contribution in [0, 0.1) is 21.7 Å². The number of nitro groups is 1. The SMILES string of the molecule is O=[N+]([O-])c1cc(CCl)ccc1Oc1ccc(F)cc1F. The number of hydrogen-bond donors (Lipinski definition) is 0. The lowest BCUT2D eigenvalue weighted by molar-refractivity contribution is -0.385. The minimum Gasteiger partial charge on any atom is -0.447 e. The van der Waals surface area contributed by atoms with Crippen molar-refractivity contribution in [1.82, 2.24) is 0 Å².